The Balaban J connectivity index is 1.36. The number of hydrogen-bond donors (Lipinski definition) is 36. The molecule has 5 rings (SSSR count). The van der Waals surface area contributed by atoms with Gasteiger partial charge in [0.05, 0.1) is 12.6 Å². The predicted molar refractivity (Wildman–Crippen MR) is 532 cm³/mol. The molecule has 0 aromatic carbocycles. The van der Waals surface area contributed by atoms with Crippen LogP contribution in [0.1, 0.15) is 207 Å². The third-order valence-corrected chi connectivity index (χ3v) is 25.3. The molecule has 808 valence electrons. The summed E-state index contributed by atoms with van der Waals surface area (Å²) >= 11 is 0. The van der Waals surface area contributed by atoms with Gasteiger partial charge in [0.2, 0.25) is 88.6 Å². The molecular formula is C87H158N40O17. The van der Waals surface area contributed by atoms with E-state index in [4.69, 9.17) is 94.9 Å². The van der Waals surface area contributed by atoms with E-state index in [9.17, 15) is 43.5 Å². The van der Waals surface area contributed by atoms with Crippen molar-refractivity contribution in [3.05, 3.63) is 0 Å². The van der Waals surface area contributed by atoms with Crippen molar-refractivity contribution < 1.29 is 81.8 Å². The molecule has 16 atom stereocenters. The van der Waals surface area contributed by atoms with E-state index in [1.54, 1.807) is 27.7 Å². The average molecular weight is 2040 g/mol. The molecule has 0 aromatic heterocycles. The first-order valence-corrected chi connectivity index (χ1v) is 49.4. The summed E-state index contributed by atoms with van der Waals surface area (Å²) in [5, 5.41) is 119. The van der Waals surface area contributed by atoms with Crippen molar-refractivity contribution in [3.63, 3.8) is 0 Å². The number of aliphatic carboxylic acids is 1. The summed E-state index contributed by atoms with van der Waals surface area (Å²) in [6.45, 7) is 7.25. The molecule has 0 radical (unpaired) electrons. The van der Waals surface area contributed by atoms with Crippen molar-refractivity contribution in [1.29, 1.82) is 43.3 Å². The monoisotopic (exact) mass is 2040 g/mol. The van der Waals surface area contributed by atoms with Crippen molar-refractivity contribution in [3.8, 4) is 0 Å². The first kappa shape index (κ1) is 120. The second-order valence-corrected chi connectivity index (χ2v) is 37.0. The minimum absolute atomic E-state index is 0.00548. The van der Waals surface area contributed by atoms with Crippen LogP contribution in [0.15, 0.2) is 0 Å². The molecule has 5 aliphatic heterocycles. The molecule has 0 bridgehead atoms. The second kappa shape index (κ2) is 62.1. The summed E-state index contributed by atoms with van der Waals surface area (Å²) in [7, 11) is 0. The highest BCUT2D eigenvalue weighted by molar-refractivity contribution is 6.02. The Kier molecular flexibility index (Phi) is 51.8. The molecule has 144 heavy (non-hydrogen) atoms. The summed E-state index contributed by atoms with van der Waals surface area (Å²) in [6.07, 6.45) is 3.29. The Hall–Kier alpha value is -14.4. The summed E-state index contributed by atoms with van der Waals surface area (Å²) in [4.78, 5) is 239. The van der Waals surface area contributed by atoms with Gasteiger partial charge in [0.15, 0.2) is 47.7 Å². The molecule has 5 heterocycles. The lowest BCUT2D eigenvalue weighted by Crippen LogP contribution is -2.61. The molecule has 0 unspecified atom stereocenters. The number of carboxylic acid groups (broad SMARTS) is 1. The van der Waals surface area contributed by atoms with Crippen LogP contribution >= 0.6 is 0 Å². The van der Waals surface area contributed by atoms with E-state index < -0.39 is 204 Å². The fourth-order valence-corrected chi connectivity index (χ4v) is 17.8. The molecule has 57 heteroatoms. The van der Waals surface area contributed by atoms with Crippen LogP contribution in [0.25, 0.3) is 0 Å². The van der Waals surface area contributed by atoms with Crippen LogP contribution < -0.4 is 147 Å². The Morgan fingerprint density at radius 3 is 0.910 bits per heavy atom. The van der Waals surface area contributed by atoms with Crippen molar-refractivity contribution in [2.45, 2.75) is 298 Å². The third-order valence-electron chi connectivity index (χ3n) is 25.3. The highest BCUT2D eigenvalue weighted by atomic mass is 16.4. The summed E-state index contributed by atoms with van der Waals surface area (Å²) in [5.41, 5.74) is 50.4. The molecule has 5 saturated heterocycles. The number of carbonyl (C=O) groups excluding carboxylic acids is 15. The Morgan fingerprint density at radius 2 is 0.569 bits per heavy atom. The predicted octanol–water partition coefficient (Wildman–Crippen LogP) is -9.97. The number of likely N-dealkylation sites (tertiary alicyclic amines) is 5. The van der Waals surface area contributed by atoms with E-state index in [1.165, 1.54) is 24.5 Å². The molecular weight excluding hydrogens is 1880 g/mol. The number of carboxylic acids is 1. The van der Waals surface area contributed by atoms with E-state index in [-0.39, 0.29) is 287 Å². The SMILES string of the molecule is CC[C@H](C)[C@H](NC(=O)[C@H](CCCNC(=N)N)NC(=O)[C@@H](N)CCCNC(=N)N)C(=O)N[C@@H](CCCNC(=N)N)C(=O)N1CCC[C@H]1C(=O)N[C@@H](CCCNC(=N)N)C(=O)N1CCC[C@H]1C(=O)N1CCC[C@H]1C(=O)N[C@@H](CCCNC(=N)N)C(=O)N[C@@H](CC(C)C)C(=O)N1CCC[C@H]1C(=O)N[C@@H](CCCNC(=N)N)C(=O)N1CCC[C@H]1C(=O)N[C@@H](CCCNC(=N)N)C(=O)NCC(=O)N[C@@H](CCCNC(=N)N)C(=O)O. The maximum atomic E-state index is 15.3. The molecule has 57 nitrogen and oxygen atoms in total. The third kappa shape index (κ3) is 41.3. The number of nitrogens with zero attached hydrogens (tertiary/aromatic N) is 5. The van der Waals surface area contributed by atoms with E-state index in [1.807, 2.05) is 0 Å². The van der Waals surface area contributed by atoms with Gasteiger partial charge >= 0.3 is 5.97 Å². The van der Waals surface area contributed by atoms with Crippen LogP contribution in [0.3, 0.4) is 0 Å². The zero-order valence-electron chi connectivity index (χ0n) is 82.9. The number of nitrogens with one attached hydrogen (secondary N) is 26. The largest absolute Gasteiger partial charge is 0.480 e. The van der Waals surface area contributed by atoms with Gasteiger partial charge in [0, 0.05) is 85.1 Å². The van der Waals surface area contributed by atoms with Gasteiger partial charge in [-0.25, -0.2) is 4.79 Å². The topological polar surface area (TPSA) is 951 Å². The van der Waals surface area contributed by atoms with Crippen molar-refractivity contribution in [2.75, 3.05) is 91.6 Å². The lowest BCUT2D eigenvalue weighted by atomic mass is 9.96. The van der Waals surface area contributed by atoms with Crippen LogP contribution in [0.4, 0.5) is 0 Å². The molecule has 0 spiro atoms. The van der Waals surface area contributed by atoms with Crippen molar-refractivity contribution in [2.24, 2.45) is 63.4 Å². The fraction of sp³-hybridized carbons (Fsp3) is 0.724. The fourth-order valence-electron chi connectivity index (χ4n) is 17.8. The number of nitrogens with two attached hydrogens (primary N) is 9. The van der Waals surface area contributed by atoms with Gasteiger partial charge < -0.3 is 177 Å². The summed E-state index contributed by atoms with van der Waals surface area (Å²) < 4.78 is 0. The molecule has 0 aromatic rings. The summed E-state index contributed by atoms with van der Waals surface area (Å²) in [6, 6.07) is -19.4. The summed E-state index contributed by atoms with van der Waals surface area (Å²) in [5.74, 6) is -16.4. The van der Waals surface area contributed by atoms with E-state index in [0.717, 1.165) is 0 Å². The lowest BCUT2D eigenvalue weighted by molar-refractivity contribution is -0.148. The van der Waals surface area contributed by atoms with E-state index in [2.05, 4.69) is 95.7 Å². The Morgan fingerprint density at radius 1 is 0.306 bits per heavy atom. The minimum Gasteiger partial charge on any atom is -0.480 e. The maximum Gasteiger partial charge on any atom is 0.326 e. The Bertz CT molecular complexity index is 4450. The lowest BCUT2D eigenvalue weighted by Gasteiger charge is -2.34. The number of hydrogen-bond acceptors (Lipinski definition) is 25. The van der Waals surface area contributed by atoms with Crippen molar-refractivity contribution in [1.82, 2.24) is 120 Å². The number of carbonyl (C=O) groups is 16. The molecule has 15 amide bonds. The highest BCUT2D eigenvalue weighted by Gasteiger charge is 2.48. The standard InChI is InChI=1S/C87H158N40O17/c1-5-48(4)64(122-68(132)52(22-9-35-108-83(95)96)115-65(129)49(88)19-6-32-105-80(89)90)73(137)120-55(25-12-38-111-86(101)102)75(139)124-41-15-28-59(124)71(135)119-54(24-11-37-110-85(99)100)76(140)127-44-18-31-62(127)78(142)126-43-17-30-61(126)70(134)117-51(21-8-34-107-82(93)94)67(131)121-57(45-47(2)3)77(141)125-42-16-29-60(125)72(136)118-53(23-10-36-109-84(97)98)74(138)123-40-14-27-58(123)69(133)116-50(20-7-33-106-81(91)92)66(130)113-46-63(128)114-56(79(143)144)26-13-39-112-87(103)104/h47-62,64H,5-46,88H2,1-4H3,(H,113,130)(H,114,128)(H,115,129)(H,116,133)(H,117,134)(H,118,136)(H,119,135)(H,120,137)(H,121,131)(H,122,132)(H,143,144)(H4,89,90,105)(H4,91,92,106)(H4,93,94,107)(H4,95,96,108)(H4,97,98,109)(H4,99,100,110)(H4,101,102,111)(H4,103,104,112)/t48-,49-,50-,51-,52-,53-,54-,55-,56-,57-,58-,59-,60-,61-,62-,64-/m0/s1. The zero-order chi connectivity index (χ0) is 107. The van der Waals surface area contributed by atoms with Crippen LogP contribution in [0, 0.1) is 55.1 Å². The smallest absolute Gasteiger partial charge is 0.326 e. The van der Waals surface area contributed by atoms with Crippen LogP contribution in [-0.4, -0.2) is 354 Å². The van der Waals surface area contributed by atoms with Crippen LogP contribution in [0.5, 0.6) is 0 Å². The molecule has 0 aliphatic carbocycles. The van der Waals surface area contributed by atoms with Crippen molar-refractivity contribution >= 4 is 142 Å². The zero-order valence-corrected chi connectivity index (χ0v) is 82.9. The highest BCUT2D eigenvalue weighted by Crippen LogP contribution is 2.30. The molecule has 0 saturated carbocycles. The van der Waals surface area contributed by atoms with Gasteiger partial charge in [0.1, 0.15) is 84.6 Å². The maximum absolute atomic E-state index is 15.3. The van der Waals surface area contributed by atoms with Gasteiger partial charge in [-0.05, 0) is 185 Å². The second-order valence-electron chi connectivity index (χ2n) is 37.0. The Labute approximate surface area is 837 Å². The quantitative estimate of drug-likeness (QED) is 0.0153. The number of amides is 15. The molecule has 45 N–H and O–H groups in total. The van der Waals surface area contributed by atoms with E-state index in [0.29, 0.717) is 25.7 Å². The van der Waals surface area contributed by atoms with Crippen LogP contribution in [0.2, 0.25) is 0 Å². The van der Waals surface area contributed by atoms with Gasteiger partial charge in [-0.2, -0.15) is 0 Å². The van der Waals surface area contributed by atoms with Gasteiger partial charge in [-0.1, -0.05) is 34.1 Å². The van der Waals surface area contributed by atoms with E-state index >= 15 is 38.4 Å². The van der Waals surface area contributed by atoms with Gasteiger partial charge in [0.25, 0.3) is 0 Å². The first-order chi connectivity index (χ1) is 68.2. The average Bonchev–Trinajstić information content (AvgIpc) is 1.64. The van der Waals surface area contributed by atoms with Gasteiger partial charge in [-0.3, -0.25) is 115 Å². The molecule has 5 aliphatic rings. The number of guanidine groups is 8. The number of rotatable bonds is 62. The minimum atomic E-state index is -1.42. The first-order valence-electron chi connectivity index (χ1n) is 49.4. The van der Waals surface area contributed by atoms with Crippen LogP contribution in [-0.2, 0) is 76.7 Å². The molecule has 5 fully saturated rings. The van der Waals surface area contributed by atoms with Gasteiger partial charge in [-0.15, -0.1) is 0 Å². The normalized spacial score (nSPS) is 18.6.